The number of anilines is 1. The topological polar surface area (TPSA) is 74.6 Å². The number of Topliss-reactive ketones (excluding diaryl/α,β-unsaturated/α-hetero) is 1. The standard InChI is InChI=1S/C29H42ClN3O2/c1-17-7-8-23(9-10-25(17)15-21(5)34)16-31-29(27(35)19(3)13-18(2)24-11-12-24)33-26-14-20(4)28(30)32-22(26)6/h14,16,18-19,21,24-25,34H,1,7-13,15H2,2-6H3,(H,31,33)/b23-16-. The van der Waals surface area contributed by atoms with Crippen LogP contribution in [0.2, 0.25) is 5.15 Å². The maximum Gasteiger partial charge on any atom is 0.200 e. The van der Waals surface area contributed by atoms with Gasteiger partial charge >= 0.3 is 0 Å². The number of amidine groups is 1. The molecule has 2 saturated carbocycles. The maximum absolute atomic E-state index is 13.5. The maximum atomic E-state index is 13.5. The molecule has 35 heavy (non-hydrogen) atoms. The fraction of sp³-hybridized carbons (Fsp3) is 0.621. The summed E-state index contributed by atoms with van der Waals surface area (Å²) in [5, 5.41) is 13.6. The average molecular weight is 500 g/mol. The van der Waals surface area contributed by atoms with Crippen molar-refractivity contribution in [3.05, 3.63) is 46.4 Å². The number of allylic oxidation sites excluding steroid dienone is 2. The van der Waals surface area contributed by atoms with Crippen LogP contribution in [0.1, 0.15) is 83.4 Å². The third kappa shape index (κ3) is 8.01. The van der Waals surface area contributed by atoms with Crippen molar-refractivity contribution in [2.45, 2.75) is 92.1 Å². The smallest absolute Gasteiger partial charge is 0.200 e. The Bertz CT molecular complexity index is 994. The highest BCUT2D eigenvalue weighted by molar-refractivity contribution is 6.44. The van der Waals surface area contributed by atoms with Crippen LogP contribution in [0.5, 0.6) is 0 Å². The first-order chi connectivity index (χ1) is 16.5. The number of carbonyl (C=O) groups excluding carboxylic acids is 1. The molecule has 2 aliphatic carbocycles. The van der Waals surface area contributed by atoms with Crippen LogP contribution < -0.4 is 5.32 Å². The van der Waals surface area contributed by atoms with Crippen molar-refractivity contribution in [1.82, 2.24) is 4.98 Å². The zero-order valence-electron chi connectivity index (χ0n) is 22.0. The normalized spacial score (nSPS) is 23.1. The Labute approximate surface area is 216 Å². The summed E-state index contributed by atoms with van der Waals surface area (Å²) in [6.45, 7) is 14.2. The van der Waals surface area contributed by atoms with Gasteiger partial charge in [-0.1, -0.05) is 43.2 Å². The van der Waals surface area contributed by atoms with Crippen LogP contribution in [-0.2, 0) is 4.79 Å². The highest BCUT2D eigenvalue weighted by atomic mass is 35.5. The van der Waals surface area contributed by atoms with Gasteiger partial charge in [0.2, 0.25) is 5.78 Å². The van der Waals surface area contributed by atoms with Crippen molar-refractivity contribution in [1.29, 1.82) is 0 Å². The molecular formula is C29H42ClN3O2. The number of hydrogen-bond acceptors (Lipinski definition) is 4. The van der Waals surface area contributed by atoms with Gasteiger partial charge in [-0.3, -0.25) is 4.79 Å². The molecule has 0 aromatic carbocycles. The van der Waals surface area contributed by atoms with E-state index in [1.807, 2.05) is 40.0 Å². The molecule has 2 N–H and O–H groups in total. The quantitative estimate of drug-likeness (QED) is 0.124. The van der Waals surface area contributed by atoms with Gasteiger partial charge in [0.15, 0.2) is 5.84 Å². The van der Waals surface area contributed by atoms with Crippen LogP contribution in [0, 0.1) is 37.5 Å². The van der Waals surface area contributed by atoms with Gasteiger partial charge in [0.1, 0.15) is 5.15 Å². The number of rotatable bonds is 9. The number of nitrogens with zero attached hydrogens (tertiary/aromatic N) is 2. The van der Waals surface area contributed by atoms with E-state index in [-0.39, 0.29) is 17.8 Å². The minimum Gasteiger partial charge on any atom is -0.393 e. The Morgan fingerprint density at radius 1 is 1.26 bits per heavy atom. The first kappa shape index (κ1) is 27.6. The number of aliphatic imine (C=N–C) groups is 1. The Hall–Kier alpha value is -1.98. The zero-order valence-corrected chi connectivity index (χ0v) is 22.8. The molecule has 4 unspecified atom stereocenters. The number of ketones is 1. The van der Waals surface area contributed by atoms with Crippen LogP contribution in [-0.4, -0.2) is 27.8 Å². The molecule has 192 valence electrons. The van der Waals surface area contributed by atoms with Crippen LogP contribution >= 0.6 is 11.6 Å². The number of pyridine rings is 1. The number of hydrogen-bond donors (Lipinski definition) is 2. The molecule has 0 bridgehead atoms. The predicted molar refractivity (Wildman–Crippen MR) is 146 cm³/mol. The summed E-state index contributed by atoms with van der Waals surface area (Å²) in [6.07, 6.45) is 9.37. The van der Waals surface area contributed by atoms with E-state index in [4.69, 9.17) is 16.6 Å². The molecule has 0 spiro atoms. The van der Waals surface area contributed by atoms with Gasteiger partial charge in [0, 0.05) is 12.1 Å². The van der Waals surface area contributed by atoms with Crippen molar-refractivity contribution in [2.75, 3.05) is 5.32 Å². The second-order valence-electron chi connectivity index (χ2n) is 10.9. The number of carbonyl (C=O) groups is 1. The van der Waals surface area contributed by atoms with Crippen molar-refractivity contribution >= 4 is 28.9 Å². The number of nitrogens with one attached hydrogen (secondary N) is 1. The molecule has 1 aromatic rings. The van der Waals surface area contributed by atoms with Gasteiger partial charge in [-0.25, -0.2) is 9.98 Å². The lowest BCUT2D eigenvalue weighted by molar-refractivity contribution is -0.116. The lowest BCUT2D eigenvalue weighted by Gasteiger charge is -2.18. The average Bonchev–Trinajstić information content (AvgIpc) is 3.65. The van der Waals surface area contributed by atoms with Gasteiger partial charge in [-0.05, 0) is 102 Å². The molecule has 1 heterocycles. The van der Waals surface area contributed by atoms with Crippen LogP contribution in [0.4, 0.5) is 5.69 Å². The van der Waals surface area contributed by atoms with E-state index in [0.29, 0.717) is 22.8 Å². The molecule has 6 heteroatoms. The third-order valence-electron chi connectivity index (χ3n) is 7.59. The Balaban J connectivity index is 1.83. The highest BCUT2D eigenvalue weighted by Gasteiger charge is 2.31. The molecule has 0 radical (unpaired) electrons. The Morgan fingerprint density at radius 3 is 2.63 bits per heavy atom. The van der Waals surface area contributed by atoms with Crippen LogP contribution in [0.25, 0.3) is 0 Å². The van der Waals surface area contributed by atoms with Gasteiger partial charge in [0.05, 0.1) is 17.5 Å². The Morgan fingerprint density at radius 2 is 1.97 bits per heavy atom. The molecule has 5 nitrogen and oxygen atoms in total. The molecule has 0 amide bonds. The summed E-state index contributed by atoms with van der Waals surface area (Å²) >= 11 is 6.19. The fourth-order valence-electron chi connectivity index (χ4n) is 5.04. The van der Waals surface area contributed by atoms with E-state index in [0.717, 1.165) is 61.4 Å². The number of aryl methyl sites for hydroxylation is 2. The van der Waals surface area contributed by atoms with Crippen molar-refractivity contribution in [3.8, 4) is 0 Å². The lowest BCUT2D eigenvalue weighted by atomic mass is 9.90. The molecule has 3 rings (SSSR count). The second kappa shape index (κ2) is 12.3. The lowest BCUT2D eigenvalue weighted by Crippen LogP contribution is -2.30. The summed E-state index contributed by atoms with van der Waals surface area (Å²) in [4.78, 5) is 22.7. The number of halogens is 1. The second-order valence-corrected chi connectivity index (χ2v) is 11.3. The predicted octanol–water partition coefficient (Wildman–Crippen LogP) is 7.20. The highest BCUT2D eigenvalue weighted by Crippen LogP contribution is 2.39. The molecule has 4 atom stereocenters. The van der Waals surface area contributed by atoms with Crippen LogP contribution in [0.15, 0.2) is 35.0 Å². The van der Waals surface area contributed by atoms with E-state index in [1.165, 1.54) is 24.0 Å². The largest absolute Gasteiger partial charge is 0.393 e. The number of aliphatic hydroxyl groups excluding tert-OH is 1. The molecule has 1 aromatic heterocycles. The molecular weight excluding hydrogens is 458 g/mol. The molecule has 2 fully saturated rings. The molecule has 0 saturated heterocycles. The minimum atomic E-state index is -0.326. The van der Waals surface area contributed by atoms with Crippen molar-refractivity contribution < 1.29 is 9.90 Å². The summed E-state index contributed by atoms with van der Waals surface area (Å²) in [5.74, 6) is 1.93. The Kier molecular flexibility index (Phi) is 9.71. The third-order valence-corrected chi connectivity index (χ3v) is 7.97. The molecule has 0 aliphatic heterocycles. The van der Waals surface area contributed by atoms with Gasteiger partial charge < -0.3 is 10.4 Å². The van der Waals surface area contributed by atoms with Crippen molar-refractivity contribution in [2.24, 2.45) is 28.7 Å². The number of aromatic nitrogens is 1. The summed E-state index contributed by atoms with van der Waals surface area (Å²) in [7, 11) is 0. The summed E-state index contributed by atoms with van der Waals surface area (Å²) < 4.78 is 0. The van der Waals surface area contributed by atoms with E-state index in [1.54, 1.807) is 0 Å². The van der Waals surface area contributed by atoms with Crippen LogP contribution in [0.3, 0.4) is 0 Å². The van der Waals surface area contributed by atoms with Gasteiger partial charge in [0.25, 0.3) is 0 Å². The van der Waals surface area contributed by atoms with Gasteiger partial charge in [-0.2, -0.15) is 0 Å². The van der Waals surface area contributed by atoms with E-state index in [9.17, 15) is 9.90 Å². The molecule has 2 aliphatic rings. The zero-order chi connectivity index (χ0) is 25.7. The van der Waals surface area contributed by atoms with Gasteiger partial charge in [-0.15, -0.1) is 0 Å². The minimum absolute atomic E-state index is 0.0337. The monoisotopic (exact) mass is 499 g/mol. The fourth-order valence-corrected chi connectivity index (χ4v) is 5.22. The first-order valence-corrected chi connectivity index (χ1v) is 13.5. The summed E-state index contributed by atoms with van der Waals surface area (Å²) in [5.41, 5.74) is 4.76. The SMILES string of the molecule is C=C1CC/C(=C/N=C(Nc2cc(C)c(Cl)nc2C)C(=O)C(C)CC(C)C2CC2)CCC1CC(C)O. The number of aliphatic hydroxyl groups is 1. The van der Waals surface area contributed by atoms with E-state index in [2.05, 4.69) is 23.8 Å². The summed E-state index contributed by atoms with van der Waals surface area (Å²) in [6, 6.07) is 1.92. The van der Waals surface area contributed by atoms with Crippen molar-refractivity contribution in [3.63, 3.8) is 0 Å². The first-order valence-electron chi connectivity index (χ1n) is 13.1. The van der Waals surface area contributed by atoms with E-state index < -0.39 is 0 Å². The van der Waals surface area contributed by atoms with E-state index >= 15 is 0 Å².